The fourth-order valence-corrected chi connectivity index (χ4v) is 5.15. The van der Waals surface area contributed by atoms with Gasteiger partial charge in [-0.2, -0.15) is 0 Å². The van der Waals surface area contributed by atoms with Crippen LogP contribution in [-0.4, -0.2) is 88.4 Å². The lowest BCUT2D eigenvalue weighted by Gasteiger charge is -2.44. The van der Waals surface area contributed by atoms with Gasteiger partial charge in [0.05, 0.1) is 25.0 Å². The fraction of sp³-hybridized carbons (Fsp3) is 0.944. The number of carbonyl (C=O) groups is 1. The van der Waals surface area contributed by atoms with Crippen LogP contribution in [-0.2, 0) is 9.53 Å². The maximum absolute atomic E-state index is 12.9. The van der Waals surface area contributed by atoms with Gasteiger partial charge in [-0.1, -0.05) is 13.3 Å². The van der Waals surface area contributed by atoms with Gasteiger partial charge in [-0.25, -0.2) is 0 Å². The fourth-order valence-electron chi connectivity index (χ4n) is 4.26. The zero-order chi connectivity index (χ0) is 20.3. The number of thioether (sulfide) groups is 1. The molecular formula is C18H34ClN2O5S+. The summed E-state index contributed by atoms with van der Waals surface area (Å²) >= 11 is 7.56. The van der Waals surface area contributed by atoms with Crippen molar-refractivity contribution in [1.29, 1.82) is 0 Å². The Hall–Kier alpha value is -0.0900. The third-order valence-corrected chi connectivity index (χ3v) is 6.91. The van der Waals surface area contributed by atoms with Crippen LogP contribution in [0, 0.1) is 5.92 Å². The van der Waals surface area contributed by atoms with Gasteiger partial charge in [0, 0.05) is 12.3 Å². The van der Waals surface area contributed by atoms with Crippen molar-refractivity contribution < 1.29 is 29.8 Å². The van der Waals surface area contributed by atoms with E-state index >= 15 is 0 Å². The Morgan fingerprint density at radius 3 is 2.56 bits per heavy atom. The summed E-state index contributed by atoms with van der Waals surface area (Å²) in [6.45, 7) is 4.84. The van der Waals surface area contributed by atoms with Crippen molar-refractivity contribution in [3.8, 4) is 0 Å². The first-order valence-electron chi connectivity index (χ1n) is 9.70. The Balaban J connectivity index is 2.09. The molecule has 0 saturated carbocycles. The number of likely N-dealkylation sites (N-methyl/N-ethyl adjacent to an activating group) is 1. The first-order chi connectivity index (χ1) is 12.7. The molecule has 0 spiro atoms. The highest BCUT2D eigenvalue weighted by molar-refractivity contribution is 7.99. The number of hydrogen-bond acceptors (Lipinski definition) is 6. The van der Waals surface area contributed by atoms with Crippen molar-refractivity contribution >= 4 is 29.3 Å². The molecular weight excluding hydrogens is 392 g/mol. The lowest BCUT2D eigenvalue weighted by atomic mass is 9.92. The number of hydrogen-bond donors (Lipinski definition) is 5. The van der Waals surface area contributed by atoms with E-state index in [0.717, 1.165) is 25.8 Å². The summed E-state index contributed by atoms with van der Waals surface area (Å²) in [5.74, 6) is 0.424. The smallest absolute Gasteiger partial charge is 0.278 e. The third-order valence-electron chi connectivity index (χ3n) is 5.78. The Labute approximate surface area is 170 Å². The lowest BCUT2D eigenvalue weighted by molar-refractivity contribution is -0.884. The number of aliphatic hydroxyl groups excluding tert-OH is 3. The highest BCUT2D eigenvalue weighted by Crippen LogP contribution is 2.30. The van der Waals surface area contributed by atoms with E-state index in [1.807, 2.05) is 7.05 Å². The predicted octanol–water partition coefficient (Wildman–Crippen LogP) is -1.03. The van der Waals surface area contributed by atoms with Gasteiger partial charge in [0.15, 0.2) is 6.04 Å². The van der Waals surface area contributed by atoms with Crippen LogP contribution in [0.3, 0.4) is 0 Å². The van der Waals surface area contributed by atoms with Crippen molar-refractivity contribution in [1.82, 2.24) is 5.32 Å². The van der Waals surface area contributed by atoms with E-state index < -0.39 is 41.3 Å². The minimum absolute atomic E-state index is 0.110. The van der Waals surface area contributed by atoms with E-state index in [9.17, 15) is 20.1 Å². The molecule has 0 bridgehead atoms. The quantitative estimate of drug-likeness (QED) is 0.334. The summed E-state index contributed by atoms with van der Waals surface area (Å²) in [5.41, 5.74) is -0.697. The Bertz CT molecular complexity index is 498. The molecule has 0 aromatic heterocycles. The van der Waals surface area contributed by atoms with E-state index in [0.29, 0.717) is 5.92 Å². The van der Waals surface area contributed by atoms with Crippen molar-refractivity contribution in [3.63, 3.8) is 0 Å². The van der Waals surface area contributed by atoms with Gasteiger partial charge in [-0.05, 0) is 19.6 Å². The molecule has 2 fully saturated rings. The standard InChI is InChI=1S/C18H33ClN2O5S/c1-5-6-10-7-11(21(3)8-10)17(25)20-12(9(2)19)16-14(23)13(22)15(24)18(26-16)27-4/h9-16,18,22-24H,5-8H2,1-4H3,(H,20,25)/p+1/t9?,10-,11+,12?,13+,14-,15-,16-,18-/m1/s1. The van der Waals surface area contributed by atoms with Gasteiger partial charge < -0.3 is 30.3 Å². The molecule has 0 aliphatic carbocycles. The zero-order valence-electron chi connectivity index (χ0n) is 16.5. The van der Waals surface area contributed by atoms with Crippen LogP contribution in [0.2, 0.25) is 0 Å². The van der Waals surface area contributed by atoms with E-state index in [-0.39, 0.29) is 11.9 Å². The minimum atomic E-state index is -1.36. The van der Waals surface area contributed by atoms with Crippen molar-refractivity contribution in [2.45, 2.75) is 80.4 Å². The molecule has 2 rings (SSSR count). The first kappa shape index (κ1) is 23.2. The number of nitrogens with one attached hydrogen (secondary N) is 2. The molecule has 1 amide bonds. The summed E-state index contributed by atoms with van der Waals surface area (Å²) in [7, 11) is 2.02. The van der Waals surface area contributed by atoms with Crippen LogP contribution in [0.4, 0.5) is 0 Å². The number of aliphatic hydroxyl groups is 3. The van der Waals surface area contributed by atoms with Gasteiger partial charge in [-0.3, -0.25) is 4.79 Å². The SMILES string of the molecule is CCC[C@@H]1C[C@@H](C(=O)NC(C(C)Cl)[C@H]2O[C@H](SC)[C@H](O)[C@@H](O)[C@H]2O)[NH+](C)C1. The summed E-state index contributed by atoms with van der Waals surface area (Å²) in [6.07, 6.45) is 0.00196. The summed E-state index contributed by atoms with van der Waals surface area (Å²) in [6, 6.07) is -0.837. The largest absolute Gasteiger partial charge is 0.388 e. The monoisotopic (exact) mass is 425 g/mol. The molecule has 0 radical (unpaired) electrons. The van der Waals surface area contributed by atoms with E-state index in [1.165, 1.54) is 16.7 Å². The van der Waals surface area contributed by atoms with E-state index in [4.69, 9.17) is 16.3 Å². The molecule has 10 atom stereocenters. The Morgan fingerprint density at radius 1 is 1.33 bits per heavy atom. The average Bonchev–Trinajstić information content (AvgIpc) is 2.99. The first-order valence-corrected chi connectivity index (χ1v) is 11.4. The number of alkyl halides is 1. The molecule has 0 aromatic carbocycles. The highest BCUT2D eigenvalue weighted by Gasteiger charge is 2.49. The molecule has 5 N–H and O–H groups in total. The number of ether oxygens (including phenoxy) is 1. The molecule has 2 aliphatic heterocycles. The van der Waals surface area contributed by atoms with E-state index in [2.05, 4.69) is 12.2 Å². The van der Waals surface area contributed by atoms with Crippen molar-refractivity contribution in [2.24, 2.45) is 5.92 Å². The molecule has 158 valence electrons. The molecule has 2 saturated heterocycles. The Morgan fingerprint density at radius 2 is 2.00 bits per heavy atom. The molecule has 2 aliphatic rings. The second kappa shape index (κ2) is 10.1. The summed E-state index contributed by atoms with van der Waals surface area (Å²) in [5, 5.41) is 33.1. The molecule has 7 nitrogen and oxygen atoms in total. The maximum Gasteiger partial charge on any atom is 0.278 e. The number of quaternary nitrogens is 1. The van der Waals surface area contributed by atoms with Gasteiger partial charge in [0.2, 0.25) is 0 Å². The zero-order valence-corrected chi connectivity index (χ0v) is 18.0. The average molecular weight is 426 g/mol. The maximum atomic E-state index is 12.9. The summed E-state index contributed by atoms with van der Waals surface area (Å²) in [4.78, 5) is 14.1. The van der Waals surface area contributed by atoms with Crippen LogP contribution in [0.1, 0.15) is 33.1 Å². The molecule has 2 heterocycles. The molecule has 0 aromatic rings. The van der Waals surface area contributed by atoms with Gasteiger partial charge in [0.1, 0.15) is 29.9 Å². The number of halogens is 1. The second-order valence-electron chi connectivity index (χ2n) is 7.88. The number of amides is 1. The van der Waals surface area contributed by atoms with Crippen LogP contribution in [0.25, 0.3) is 0 Å². The summed E-state index contributed by atoms with van der Waals surface area (Å²) < 4.78 is 5.80. The molecule has 3 unspecified atom stereocenters. The molecule has 27 heavy (non-hydrogen) atoms. The van der Waals surface area contributed by atoms with Gasteiger partial charge >= 0.3 is 0 Å². The minimum Gasteiger partial charge on any atom is -0.388 e. The number of rotatable bonds is 7. The van der Waals surface area contributed by atoms with Crippen molar-refractivity contribution in [2.75, 3.05) is 19.8 Å². The van der Waals surface area contributed by atoms with Crippen LogP contribution < -0.4 is 10.2 Å². The molecule has 9 heteroatoms. The second-order valence-corrected chi connectivity index (χ2v) is 9.51. The lowest BCUT2D eigenvalue weighted by Crippen LogP contribution is -3.12. The number of likely N-dealkylation sites (tertiary alicyclic amines) is 1. The third kappa shape index (κ3) is 5.29. The van der Waals surface area contributed by atoms with Gasteiger partial charge in [0.25, 0.3) is 5.91 Å². The van der Waals surface area contributed by atoms with Crippen LogP contribution in [0.15, 0.2) is 0 Å². The topological polar surface area (TPSA) is 103 Å². The number of carbonyl (C=O) groups excluding carboxylic acids is 1. The van der Waals surface area contributed by atoms with Gasteiger partial charge in [-0.15, -0.1) is 23.4 Å². The van der Waals surface area contributed by atoms with Crippen LogP contribution >= 0.6 is 23.4 Å². The normalized spacial score (nSPS) is 41.9. The van der Waals surface area contributed by atoms with E-state index in [1.54, 1.807) is 13.2 Å². The predicted molar refractivity (Wildman–Crippen MR) is 106 cm³/mol. The van der Waals surface area contributed by atoms with Crippen LogP contribution in [0.5, 0.6) is 0 Å². The highest BCUT2D eigenvalue weighted by atomic mass is 35.5. The van der Waals surface area contributed by atoms with Crippen molar-refractivity contribution in [3.05, 3.63) is 0 Å². The Kier molecular flexibility index (Phi) is 8.67.